The first-order chi connectivity index (χ1) is 19.5. The summed E-state index contributed by atoms with van der Waals surface area (Å²) in [6, 6.07) is 3.57. The number of methoxy groups -OCH3 is 1. The number of amides is 1. The molecular formula is C31H42FN3O5S. The molecule has 41 heavy (non-hydrogen) atoms. The first-order valence-corrected chi connectivity index (χ1v) is 14.9. The van der Waals surface area contributed by atoms with Gasteiger partial charge in [0, 0.05) is 29.7 Å². The largest absolute Gasteiger partial charge is 0.389 e. The molecule has 0 spiro atoms. The lowest BCUT2D eigenvalue weighted by Gasteiger charge is -2.21. The highest BCUT2D eigenvalue weighted by Crippen LogP contribution is 2.41. The number of ether oxygens (including phenoxy) is 1. The zero-order valence-corrected chi connectivity index (χ0v) is 25.9. The quantitative estimate of drug-likeness (QED) is 0.315. The van der Waals surface area contributed by atoms with Crippen LogP contribution in [-0.2, 0) is 40.3 Å². The molecular weight excluding hydrogens is 545 g/mol. The van der Waals surface area contributed by atoms with Crippen molar-refractivity contribution in [2.75, 3.05) is 19.5 Å². The Bertz CT molecular complexity index is 1450. The molecule has 10 heteroatoms. The third-order valence-corrected chi connectivity index (χ3v) is 7.89. The molecule has 1 aromatic carbocycles. The third-order valence-electron chi connectivity index (χ3n) is 6.77. The summed E-state index contributed by atoms with van der Waals surface area (Å²) < 4.78 is 21.5. The van der Waals surface area contributed by atoms with E-state index in [1.807, 2.05) is 47.6 Å². The number of rotatable bonds is 6. The molecule has 8 nitrogen and oxygen atoms in total. The summed E-state index contributed by atoms with van der Waals surface area (Å²) in [7, 11) is 1.60. The lowest BCUT2D eigenvalue weighted by molar-refractivity contribution is -0.115. The summed E-state index contributed by atoms with van der Waals surface area (Å²) in [4.78, 5) is 36.9. The van der Waals surface area contributed by atoms with Gasteiger partial charge in [-0.3, -0.25) is 9.59 Å². The van der Waals surface area contributed by atoms with E-state index in [0.717, 1.165) is 58.3 Å². The zero-order chi connectivity index (χ0) is 30.9. The van der Waals surface area contributed by atoms with Gasteiger partial charge in [-0.2, -0.15) is 0 Å². The Labute approximate surface area is 245 Å². The highest BCUT2D eigenvalue weighted by atomic mass is 32.2. The second-order valence-electron chi connectivity index (χ2n) is 9.82. The number of aryl methyl sites for hydroxylation is 3. The van der Waals surface area contributed by atoms with Crippen LogP contribution in [0.3, 0.4) is 0 Å². The molecule has 1 amide bonds. The molecule has 1 aliphatic heterocycles. The van der Waals surface area contributed by atoms with E-state index in [2.05, 4.69) is 0 Å². The first-order valence-electron chi connectivity index (χ1n) is 13.9. The van der Waals surface area contributed by atoms with Crippen LogP contribution < -0.4 is 11.3 Å². The van der Waals surface area contributed by atoms with Gasteiger partial charge in [-0.1, -0.05) is 27.7 Å². The second-order valence-corrected chi connectivity index (χ2v) is 11.4. The highest BCUT2D eigenvalue weighted by molar-refractivity contribution is 8.00. The Morgan fingerprint density at radius 3 is 2.39 bits per heavy atom. The van der Waals surface area contributed by atoms with E-state index in [1.54, 1.807) is 29.5 Å². The number of halogens is 1. The van der Waals surface area contributed by atoms with Gasteiger partial charge in [-0.05, 0) is 66.7 Å². The third kappa shape index (κ3) is 7.81. The maximum atomic E-state index is 14.5. The number of hydrogen-bond donors (Lipinski definition) is 2. The number of hydrogen-bond acceptors (Lipinski definition) is 7. The molecule has 0 radical (unpaired) electrons. The lowest BCUT2D eigenvalue weighted by Crippen LogP contribution is -2.24. The fourth-order valence-corrected chi connectivity index (χ4v) is 5.49. The van der Waals surface area contributed by atoms with Crippen molar-refractivity contribution < 1.29 is 23.8 Å². The van der Waals surface area contributed by atoms with Crippen LogP contribution in [0.4, 0.5) is 4.39 Å². The molecule has 5 rings (SSSR count). The van der Waals surface area contributed by atoms with E-state index in [4.69, 9.17) is 25.4 Å². The van der Waals surface area contributed by atoms with E-state index in [9.17, 15) is 14.0 Å². The summed E-state index contributed by atoms with van der Waals surface area (Å²) in [6.45, 7) is 12.3. The topological polar surface area (TPSA) is 125 Å². The number of nitrogens with two attached hydrogens (primary N) is 1. The predicted octanol–water partition coefficient (Wildman–Crippen LogP) is 4.63. The van der Waals surface area contributed by atoms with Crippen LogP contribution in [0.25, 0.3) is 22.3 Å². The first kappa shape index (κ1) is 34.1. The fourth-order valence-electron chi connectivity index (χ4n) is 5.00. The van der Waals surface area contributed by atoms with Crippen molar-refractivity contribution >= 4 is 34.9 Å². The molecule has 3 aromatic rings. The fraction of sp³-hybridized carbons (Fsp3) is 0.484. The zero-order valence-electron chi connectivity index (χ0n) is 25.1. The Hall–Kier alpha value is -3.08. The highest BCUT2D eigenvalue weighted by Gasteiger charge is 2.30. The van der Waals surface area contributed by atoms with Crippen molar-refractivity contribution in [1.82, 2.24) is 9.55 Å². The molecule has 0 atom stereocenters. The summed E-state index contributed by atoms with van der Waals surface area (Å²) in [6.07, 6.45) is 3.27. The summed E-state index contributed by atoms with van der Waals surface area (Å²) in [5, 5.41) is 9.11. The van der Waals surface area contributed by atoms with Gasteiger partial charge >= 0.3 is 0 Å². The molecule has 0 unspecified atom stereocenters. The molecule has 0 saturated carbocycles. The number of aldehydes is 1. The van der Waals surface area contributed by atoms with Crippen molar-refractivity contribution in [3.63, 3.8) is 0 Å². The maximum Gasteiger partial charge on any atom is 0.257 e. The average Bonchev–Trinajstić information content (AvgIpc) is 3.33. The molecule has 2 aromatic heterocycles. The molecule has 0 fully saturated rings. The summed E-state index contributed by atoms with van der Waals surface area (Å²) in [5.41, 5.74) is 13.0. The van der Waals surface area contributed by atoms with Crippen LogP contribution >= 0.6 is 11.8 Å². The normalized spacial score (nSPS) is 12.2. The molecule has 0 bridgehead atoms. The average molecular weight is 588 g/mol. The Morgan fingerprint density at radius 2 is 1.85 bits per heavy atom. The smallest absolute Gasteiger partial charge is 0.257 e. The van der Waals surface area contributed by atoms with Crippen molar-refractivity contribution in [2.45, 2.75) is 79.2 Å². The van der Waals surface area contributed by atoms with Crippen LogP contribution in [0, 0.1) is 19.7 Å². The second kappa shape index (κ2) is 15.8. The minimum atomic E-state index is -0.361. The number of benzene rings is 1. The Morgan fingerprint density at radius 1 is 1.22 bits per heavy atom. The molecule has 1 aliphatic carbocycles. The number of primary amides is 1. The van der Waals surface area contributed by atoms with E-state index >= 15 is 0 Å². The van der Waals surface area contributed by atoms with Crippen LogP contribution in [-0.4, -0.2) is 51.6 Å². The Kier molecular flexibility index (Phi) is 13.1. The minimum Gasteiger partial charge on any atom is -0.389 e. The number of aliphatic hydroxyl groups excluding tert-OH is 1. The van der Waals surface area contributed by atoms with Gasteiger partial charge in [0.15, 0.2) is 0 Å². The molecule has 2 aliphatic rings. The van der Waals surface area contributed by atoms with Crippen molar-refractivity contribution in [1.29, 1.82) is 0 Å². The van der Waals surface area contributed by atoms with Crippen molar-refractivity contribution in [3.05, 3.63) is 61.7 Å². The van der Waals surface area contributed by atoms with Crippen LogP contribution in [0.15, 0.2) is 16.9 Å². The van der Waals surface area contributed by atoms with Gasteiger partial charge in [0.05, 0.1) is 42.4 Å². The number of aromatic nitrogens is 2. The van der Waals surface area contributed by atoms with Gasteiger partial charge in [-0.25, -0.2) is 9.37 Å². The predicted molar refractivity (Wildman–Crippen MR) is 164 cm³/mol. The molecule has 3 N–H and O–H groups in total. The van der Waals surface area contributed by atoms with Gasteiger partial charge in [-0.15, -0.1) is 11.8 Å². The summed E-state index contributed by atoms with van der Waals surface area (Å²) in [5.74, 6) is 0.0148. The van der Waals surface area contributed by atoms with Gasteiger partial charge in [0.25, 0.3) is 5.56 Å². The molecule has 3 heterocycles. The van der Waals surface area contributed by atoms with E-state index < -0.39 is 0 Å². The number of aliphatic hydroxyl groups is 1. The van der Waals surface area contributed by atoms with E-state index in [-0.39, 0.29) is 23.9 Å². The van der Waals surface area contributed by atoms with Gasteiger partial charge < -0.3 is 24.9 Å². The minimum absolute atomic E-state index is 0.0144. The van der Waals surface area contributed by atoms with Gasteiger partial charge in [0.1, 0.15) is 12.1 Å². The lowest BCUT2D eigenvalue weighted by atomic mass is 9.85. The van der Waals surface area contributed by atoms with Crippen LogP contribution in [0.5, 0.6) is 0 Å². The van der Waals surface area contributed by atoms with Crippen molar-refractivity contribution in [2.24, 2.45) is 5.73 Å². The number of pyridine rings is 2. The standard InChI is InChI=1S/C22H21FN2O2.C5H11NOS.C2H4O2.C2H6/c1-11-7-19-21-15(9-25(19)22(26)16(11)10-27-3)14-6-4-5-13-12(2)17(23)8-18(24-21)20(13)14;1-4(2)8-3-5(6)7;3-1-2-4;1-2/h7-8H,4-6,9-10H2,1-3H3;4H,3H2,1-2H3,(H2,6,7);1,4H,2H2;1-2H3. The number of nitrogens with zero attached hydrogens (tertiary/aromatic N) is 2. The number of carbonyl (C=O) groups is 2. The van der Waals surface area contributed by atoms with E-state index in [0.29, 0.717) is 41.5 Å². The van der Waals surface area contributed by atoms with Crippen LogP contribution in [0.2, 0.25) is 0 Å². The molecule has 0 saturated heterocycles. The Balaban J connectivity index is 0.000000355. The van der Waals surface area contributed by atoms with E-state index in [1.165, 1.54) is 5.56 Å². The monoisotopic (exact) mass is 587 g/mol. The SMILES string of the molecule is CC.CC(C)SCC(N)=O.COCc1c(C)cc2n(c1=O)Cc1c-2nc2cc(F)c(C)c3c2c1CCC3.O=CCO. The maximum absolute atomic E-state index is 14.5. The number of thioether (sulfide) groups is 1. The van der Waals surface area contributed by atoms with Crippen LogP contribution in [0.1, 0.15) is 67.5 Å². The number of carbonyl (C=O) groups excluding carboxylic acids is 2. The van der Waals surface area contributed by atoms with Crippen molar-refractivity contribution in [3.8, 4) is 11.4 Å². The van der Waals surface area contributed by atoms with Gasteiger partial charge in [0.2, 0.25) is 5.91 Å². The summed E-state index contributed by atoms with van der Waals surface area (Å²) >= 11 is 1.56. The molecule has 224 valence electrons. The number of fused-ring (bicyclic) bond motifs is 4.